The minimum atomic E-state index is -4.06. The summed E-state index contributed by atoms with van der Waals surface area (Å²) in [5, 5.41) is 2.32. The van der Waals surface area contributed by atoms with Crippen molar-refractivity contribution in [2.75, 3.05) is 6.54 Å². The van der Waals surface area contributed by atoms with E-state index < -0.39 is 21.7 Å². The summed E-state index contributed by atoms with van der Waals surface area (Å²) in [6, 6.07) is 9.98. The quantitative estimate of drug-likeness (QED) is 0.239. The van der Waals surface area contributed by atoms with Gasteiger partial charge in [0.25, 0.3) is 0 Å². The molecule has 0 atom stereocenters. The number of sulfonamides is 1. The molecule has 194 valence electrons. The third-order valence-corrected chi connectivity index (χ3v) is 6.99. The van der Waals surface area contributed by atoms with E-state index in [4.69, 9.17) is 0 Å². The summed E-state index contributed by atoms with van der Waals surface area (Å²) >= 11 is 1.32. The van der Waals surface area contributed by atoms with Gasteiger partial charge in [-0.1, -0.05) is 33.8 Å². The maximum absolute atomic E-state index is 14.2. The molecule has 0 bridgehead atoms. The Hall–Kier alpha value is -2.15. The smallest absolute Gasteiger partial charge is 0.388 e. The van der Waals surface area contributed by atoms with Crippen molar-refractivity contribution < 1.29 is 40.9 Å². The number of hydrogen-bond donors (Lipinski definition) is 0. The van der Waals surface area contributed by atoms with Gasteiger partial charge in [0.1, 0.15) is 11.6 Å². The molecule has 3 aromatic rings. The average Bonchev–Trinajstić information content (AvgIpc) is 3.31. The Labute approximate surface area is 234 Å². The first-order valence-electron chi connectivity index (χ1n) is 11.2. The summed E-state index contributed by atoms with van der Waals surface area (Å²) in [6.45, 7) is 11.3. The fourth-order valence-corrected chi connectivity index (χ4v) is 5.17. The molecule has 0 aliphatic heterocycles. The summed E-state index contributed by atoms with van der Waals surface area (Å²) in [6.07, 6.45) is 4.89. The van der Waals surface area contributed by atoms with Gasteiger partial charge in [-0.3, -0.25) is 10.5 Å². The van der Waals surface area contributed by atoms with E-state index in [2.05, 4.69) is 31.8 Å². The predicted octanol–water partition coefficient (Wildman–Crippen LogP) is 3.20. The number of allylic oxidation sites excluding steroid dienone is 1. The summed E-state index contributed by atoms with van der Waals surface area (Å²) in [5.74, 6) is -1.02. The molecular weight excluding hydrogens is 509 g/mol. The molecular formula is C27H29F2LiN2O3S2-2. The fourth-order valence-electron chi connectivity index (χ4n) is 3.00. The Morgan fingerprint density at radius 1 is 1.22 bits per heavy atom. The largest absolute Gasteiger partial charge is 1.00 e. The van der Waals surface area contributed by atoms with Crippen LogP contribution in [-0.2, 0) is 21.4 Å². The van der Waals surface area contributed by atoms with Crippen molar-refractivity contribution in [3.05, 3.63) is 88.7 Å². The molecule has 5 nitrogen and oxygen atoms in total. The first-order valence-corrected chi connectivity index (χ1v) is 13.5. The Morgan fingerprint density at radius 3 is 2.43 bits per heavy atom. The van der Waals surface area contributed by atoms with Crippen molar-refractivity contribution in [3.63, 3.8) is 0 Å². The maximum Gasteiger partial charge on any atom is 1.00 e. The van der Waals surface area contributed by atoms with E-state index in [-0.39, 0.29) is 59.5 Å². The van der Waals surface area contributed by atoms with Crippen molar-refractivity contribution in [1.82, 2.24) is 9.29 Å². The van der Waals surface area contributed by atoms with Crippen molar-refractivity contribution in [2.45, 2.75) is 39.1 Å². The standard InChI is InChI=1S/C23H20F2N2O3S2.C4H9.Li/c1-16(2)13-27(14-18-6-7-20(24)12-22(18)25)32(29,30)21-5-3-4-17(10-21)19(15-28)11-23-26-8-9-31-23;1-4(2)3;/h3,5-12,16H,13-14H2,1-2H3;4H,1H2,2-3H3;/q-2;-1;+1/b19-11-;;. The van der Waals surface area contributed by atoms with E-state index in [1.807, 2.05) is 13.8 Å². The monoisotopic (exact) mass is 538 g/mol. The van der Waals surface area contributed by atoms with Gasteiger partial charge in [0.05, 0.1) is 5.01 Å². The van der Waals surface area contributed by atoms with E-state index >= 15 is 0 Å². The number of nitrogens with zero attached hydrogens (tertiary/aromatic N) is 2. The topological polar surface area (TPSA) is 67.3 Å². The van der Waals surface area contributed by atoms with Crippen LogP contribution in [0.1, 0.15) is 43.8 Å². The molecule has 0 aliphatic rings. The van der Waals surface area contributed by atoms with E-state index in [1.165, 1.54) is 41.7 Å². The van der Waals surface area contributed by atoms with Gasteiger partial charge >= 0.3 is 18.9 Å². The molecule has 0 unspecified atom stereocenters. The van der Waals surface area contributed by atoms with Crippen LogP contribution in [0, 0.1) is 36.5 Å². The molecule has 37 heavy (non-hydrogen) atoms. The average molecular weight is 539 g/mol. The zero-order valence-corrected chi connectivity index (χ0v) is 23.3. The normalized spacial score (nSPS) is 11.8. The van der Waals surface area contributed by atoms with Gasteiger partial charge in [0.15, 0.2) is 0 Å². The molecule has 0 saturated heterocycles. The minimum absolute atomic E-state index is 0. The molecule has 0 amide bonds. The molecule has 0 aliphatic carbocycles. The SMILES string of the molecule is CC(C)CN(Cc1ccc(F)cc1F)S(=O)(=O)c1cc[c-]c(/C([C-]=O)=C\c2nccs2)c1.[CH2-]C(C)C.[Li+]. The molecule has 0 fully saturated rings. The van der Waals surface area contributed by atoms with Crippen LogP contribution in [0.5, 0.6) is 0 Å². The molecule has 0 N–H and O–H groups in total. The van der Waals surface area contributed by atoms with Gasteiger partial charge in [0.2, 0.25) is 10.0 Å². The summed E-state index contributed by atoms with van der Waals surface area (Å²) < 4.78 is 55.5. The molecule has 0 radical (unpaired) electrons. The van der Waals surface area contributed by atoms with Crippen LogP contribution in [0.15, 0.2) is 52.9 Å². The Morgan fingerprint density at radius 2 is 1.89 bits per heavy atom. The zero-order valence-electron chi connectivity index (χ0n) is 21.7. The molecule has 1 heterocycles. The van der Waals surface area contributed by atoms with Gasteiger partial charge in [-0.25, -0.2) is 28.8 Å². The van der Waals surface area contributed by atoms with Gasteiger partial charge < -0.3 is 11.7 Å². The second-order valence-corrected chi connectivity index (χ2v) is 11.7. The first-order chi connectivity index (χ1) is 16.9. The van der Waals surface area contributed by atoms with Crippen LogP contribution in [0.25, 0.3) is 11.6 Å². The number of carbonyl (C=O) groups excluding carboxylic acids is 1. The third kappa shape index (κ3) is 10.3. The van der Waals surface area contributed by atoms with E-state index in [0.29, 0.717) is 10.9 Å². The Bertz CT molecular complexity index is 1280. The Kier molecular flexibility index (Phi) is 13.6. The number of thiazole rings is 1. The van der Waals surface area contributed by atoms with Gasteiger partial charge in [-0.15, -0.1) is 17.4 Å². The molecule has 0 saturated carbocycles. The minimum Gasteiger partial charge on any atom is -0.388 e. The third-order valence-electron chi connectivity index (χ3n) is 4.46. The summed E-state index contributed by atoms with van der Waals surface area (Å²) in [7, 11) is -4.06. The number of aromatic nitrogens is 1. The number of hydrogen-bond acceptors (Lipinski definition) is 5. The second kappa shape index (κ2) is 15.3. The zero-order chi connectivity index (χ0) is 26.9. The van der Waals surface area contributed by atoms with Crippen LogP contribution < -0.4 is 18.9 Å². The van der Waals surface area contributed by atoms with Crippen LogP contribution in [-0.4, -0.2) is 30.5 Å². The number of rotatable bonds is 9. The number of benzene rings is 2. The van der Waals surface area contributed by atoms with E-state index in [0.717, 1.165) is 16.4 Å². The molecule has 10 heteroatoms. The number of halogens is 2. The van der Waals surface area contributed by atoms with Crippen molar-refractivity contribution in [3.8, 4) is 0 Å². The van der Waals surface area contributed by atoms with Crippen LogP contribution in [0.2, 0.25) is 0 Å². The van der Waals surface area contributed by atoms with Crippen molar-refractivity contribution in [2.24, 2.45) is 11.8 Å². The van der Waals surface area contributed by atoms with Crippen LogP contribution in [0.3, 0.4) is 0 Å². The van der Waals surface area contributed by atoms with Crippen molar-refractivity contribution in [1.29, 1.82) is 0 Å². The molecule has 2 aromatic carbocycles. The predicted molar refractivity (Wildman–Crippen MR) is 140 cm³/mol. The molecule has 1 aromatic heterocycles. The summed E-state index contributed by atoms with van der Waals surface area (Å²) in [4.78, 5) is 15.5. The first kappa shape index (κ1) is 32.9. The van der Waals surface area contributed by atoms with Gasteiger partial charge in [-0.2, -0.15) is 28.4 Å². The molecule has 0 spiro atoms. The van der Waals surface area contributed by atoms with E-state index in [1.54, 1.807) is 17.9 Å². The van der Waals surface area contributed by atoms with Crippen LogP contribution >= 0.6 is 11.3 Å². The Balaban J connectivity index is 0.00000127. The fraction of sp³-hybridized carbons (Fsp3) is 0.296. The van der Waals surface area contributed by atoms with Crippen molar-refractivity contribution >= 4 is 39.3 Å². The van der Waals surface area contributed by atoms with Gasteiger partial charge in [0, 0.05) is 42.6 Å². The molecule has 3 rings (SSSR count). The van der Waals surface area contributed by atoms with Crippen LogP contribution in [0.4, 0.5) is 8.78 Å². The summed E-state index contributed by atoms with van der Waals surface area (Å²) in [5.41, 5.74) is 0.412. The second-order valence-electron chi connectivity index (χ2n) is 8.79. The maximum atomic E-state index is 14.2. The van der Waals surface area contributed by atoms with E-state index in [9.17, 15) is 22.0 Å². The van der Waals surface area contributed by atoms with Gasteiger partial charge in [-0.05, 0) is 16.9 Å².